The fraction of sp³-hybridized carbons (Fsp3) is 0.444. The quantitative estimate of drug-likeness (QED) is 0.866. The van der Waals surface area contributed by atoms with Crippen molar-refractivity contribution in [2.24, 2.45) is 0 Å². The molecule has 3 rings (SSSR count). The van der Waals surface area contributed by atoms with Crippen LogP contribution in [-0.2, 0) is 0 Å². The van der Waals surface area contributed by atoms with Crippen molar-refractivity contribution in [2.45, 2.75) is 38.6 Å². The minimum absolute atomic E-state index is 0.0513. The SMILES string of the molecule is COc1ccc(C2CCCCCN2C(=O)c2cc(C)on2)cc1. The molecule has 1 aromatic heterocycles. The van der Waals surface area contributed by atoms with Gasteiger partial charge in [0, 0.05) is 12.6 Å². The second kappa shape index (κ2) is 6.86. The maximum absolute atomic E-state index is 12.9. The number of aryl methyl sites for hydroxylation is 1. The zero-order chi connectivity index (χ0) is 16.2. The number of benzene rings is 1. The fourth-order valence-corrected chi connectivity index (χ4v) is 3.14. The van der Waals surface area contributed by atoms with Crippen molar-refractivity contribution in [1.82, 2.24) is 10.1 Å². The summed E-state index contributed by atoms with van der Waals surface area (Å²) in [5.74, 6) is 1.43. The van der Waals surface area contributed by atoms with Gasteiger partial charge in [0.25, 0.3) is 5.91 Å². The van der Waals surface area contributed by atoms with Crippen molar-refractivity contribution in [3.63, 3.8) is 0 Å². The molecule has 1 aliphatic heterocycles. The van der Waals surface area contributed by atoms with Crippen molar-refractivity contribution in [3.05, 3.63) is 47.3 Å². The number of carbonyl (C=O) groups is 1. The topological polar surface area (TPSA) is 55.6 Å². The average Bonchev–Trinajstić information content (AvgIpc) is 2.87. The molecule has 0 aliphatic carbocycles. The molecule has 1 aromatic carbocycles. The van der Waals surface area contributed by atoms with Gasteiger partial charge in [-0.25, -0.2) is 0 Å². The molecule has 5 heteroatoms. The normalized spacial score (nSPS) is 18.5. The summed E-state index contributed by atoms with van der Waals surface area (Å²) in [6.07, 6.45) is 4.26. The molecule has 0 spiro atoms. The van der Waals surface area contributed by atoms with Crippen LogP contribution in [0.2, 0.25) is 0 Å². The van der Waals surface area contributed by atoms with Gasteiger partial charge in [-0.1, -0.05) is 30.1 Å². The highest BCUT2D eigenvalue weighted by atomic mass is 16.5. The molecule has 0 saturated carbocycles. The Morgan fingerprint density at radius 2 is 2.04 bits per heavy atom. The first kappa shape index (κ1) is 15.6. The molecule has 2 heterocycles. The van der Waals surface area contributed by atoms with Gasteiger partial charge in [-0.2, -0.15) is 0 Å². The van der Waals surface area contributed by atoms with Crippen LogP contribution >= 0.6 is 0 Å². The number of carbonyl (C=O) groups excluding carboxylic acids is 1. The smallest absolute Gasteiger partial charge is 0.276 e. The van der Waals surface area contributed by atoms with Crippen LogP contribution in [0.3, 0.4) is 0 Å². The standard InChI is InChI=1S/C18H22N2O3/c1-13-12-16(19-23-13)18(21)20-11-5-3-4-6-17(20)14-7-9-15(22-2)10-8-14/h7-10,12,17H,3-6,11H2,1-2H3. The molecule has 1 atom stereocenters. The summed E-state index contributed by atoms with van der Waals surface area (Å²) in [7, 11) is 1.66. The Morgan fingerprint density at radius 1 is 1.26 bits per heavy atom. The molecular formula is C18H22N2O3. The minimum atomic E-state index is -0.0513. The molecule has 1 amide bonds. The molecule has 0 radical (unpaired) electrons. The lowest BCUT2D eigenvalue weighted by atomic mass is 10.0. The van der Waals surface area contributed by atoms with E-state index in [-0.39, 0.29) is 11.9 Å². The van der Waals surface area contributed by atoms with Gasteiger partial charge in [-0.15, -0.1) is 0 Å². The molecular weight excluding hydrogens is 292 g/mol. The molecule has 0 N–H and O–H groups in total. The fourth-order valence-electron chi connectivity index (χ4n) is 3.14. The molecule has 1 fully saturated rings. The van der Waals surface area contributed by atoms with Crippen LogP contribution in [0.15, 0.2) is 34.9 Å². The summed E-state index contributed by atoms with van der Waals surface area (Å²) >= 11 is 0. The van der Waals surface area contributed by atoms with Crippen LogP contribution in [-0.4, -0.2) is 29.6 Å². The minimum Gasteiger partial charge on any atom is -0.497 e. The zero-order valence-electron chi connectivity index (χ0n) is 13.6. The van der Waals surface area contributed by atoms with Crippen LogP contribution in [0, 0.1) is 6.92 Å². The number of nitrogens with zero attached hydrogens (tertiary/aromatic N) is 2. The lowest BCUT2D eigenvalue weighted by Gasteiger charge is -2.30. The largest absolute Gasteiger partial charge is 0.497 e. The van der Waals surface area contributed by atoms with Gasteiger partial charge in [-0.05, 0) is 37.5 Å². The second-order valence-electron chi connectivity index (χ2n) is 5.96. The van der Waals surface area contributed by atoms with E-state index in [1.54, 1.807) is 20.1 Å². The van der Waals surface area contributed by atoms with E-state index < -0.39 is 0 Å². The zero-order valence-corrected chi connectivity index (χ0v) is 13.6. The summed E-state index contributed by atoms with van der Waals surface area (Å²) in [6.45, 7) is 2.55. The number of likely N-dealkylation sites (tertiary alicyclic amines) is 1. The van der Waals surface area contributed by atoms with Gasteiger partial charge < -0.3 is 14.2 Å². The number of hydrogen-bond donors (Lipinski definition) is 0. The predicted octanol–water partition coefficient (Wildman–Crippen LogP) is 3.75. The summed E-state index contributed by atoms with van der Waals surface area (Å²) in [4.78, 5) is 14.8. The van der Waals surface area contributed by atoms with Gasteiger partial charge in [0.1, 0.15) is 11.5 Å². The summed E-state index contributed by atoms with van der Waals surface area (Å²) in [6, 6.07) is 9.77. The molecule has 1 aliphatic rings. The third-order valence-electron chi connectivity index (χ3n) is 4.36. The van der Waals surface area contributed by atoms with Crippen LogP contribution in [0.25, 0.3) is 0 Å². The molecule has 5 nitrogen and oxygen atoms in total. The van der Waals surface area contributed by atoms with E-state index in [2.05, 4.69) is 5.16 Å². The van der Waals surface area contributed by atoms with Crippen LogP contribution in [0.4, 0.5) is 0 Å². The highest BCUT2D eigenvalue weighted by Crippen LogP contribution is 2.32. The van der Waals surface area contributed by atoms with Crippen molar-refractivity contribution in [3.8, 4) is 5.75 Å². The van der Waals surface area contributed by atoms with Gasteiger partial charge in [0.2, 0.25) is 0 Å². The number of rotatable bonds is 3. The van der Waals surface area contributed by atoms with Gasteiger partial charge >= 0.3 is 0 Å². The maximum Gasteiger partial charge on any atom is 0.276 e. The highest BCUT2D eigenvalue weighted by molar-refractivity contribution is 5.92. The Balaban J connectivity index is 1.88. The van der Waals surface area contributed by atoms with Crippen molar-refractivity contribution in [1.29, 1.82) is 0 Å². The van der Waals surface area contributed by atoms with E-state index in [0.29, 0.717) is 11.5 Å². The molecule has 122 valence electrons. The lowest BCUT2D eigenvalue weighted by molar-refractivity contribution is 0.0670. The monoisotopic (exact) mass is 314 g/mol. The summed E-state index contributed by atoms with van der Waals surface area (Å²) in [5, 5.41) is 3.89. The Morgan fingerprint density at radius 3 is 2.70 bits per heavy atom. The number of aromatic nitrogens is 1. The first-order chi connectivity index (χ1) is 11.2. The van der Waals surface area contributed by atoms with Crippen molar-refractivity contribution < 1.29 is 14.1 Å². The van der Waals surface area contributed by atoms with E-state index in [4.69, 9.17) is 9.26 Å². The van der Waals surface area contributed by atoms with Gasteiger partial charge in [-0.3, -0.25) is 4.79 Å². The van der Waals surface area contributed by atoms with E-state index >= 15 is 0 Å². The number of methoxy groups -OCH3 is 1. The van der Waals surface area contributed by atoms with Gasteiger partial charge in [0.05, 0.1) is 13.2 Å². The third kappa shape index (κ3) is 3.38. The molecule has 23 heavy (non-hydrogen) atoms. The maximum atomic E-state index is 12.9. The molecule has 0 bridgehead atoms. The summed E-state index contributed by atoms with van der Waals surface area (Å²) in [5.41, 5.74) is 1.53. The first-order valence-corrected chi connectivity index (χ1v) is 8.07. The number of ether oxygens (including phenoxy) is 1. The Bertz CT molecular complexity index is 663. The molecule has 1 unspecified atom stereocenters. The van der Waals surface area contributed by atoms with E-state index in [0.717, 1.165) is 43.5 Å². The third-order valence-corrected chi connectivity index (χ3v) is 4.36. The Labute approximate surface area is 136 Å². The van der Waals surface area contributed by atoms with E-state index in [1.807, 2.05) is 29.2 Å². The van der Waals surface area contributed by atoms with Crippen molar-refractivity contribution >= 4 is 5.91 Å². The van der Waals surface area contributed by atoms with Crippen LogP contribution < -0.4 is 4.74 Å². The summed E-state index contributed by atoms with van der Waals surface area (Å²) < 4.78 is 10.3. The lowest BCUT2D eigenvalue weighted by Crippen LogP contribution is -2.35. The highest BCUT2D eigenvalue weighted by Gasteiger charge is 2.29. The predicted molar refractivity (Wildman–Crippen MR) is 86.5 cm³/mol. The Kier molecular flexibility index (Phi) is 4.65. The van der Waals surface area contributed by atoms with Crippen LogP contribution in [0.1, 0.15) is 53.5 Å². The first-order valence-electron chi connectivity index (χ1n) is 8.07. The average molecular weight is 314 g/mol. The number of hydrogen-bond acceptors (Lipinski definition) is 4. The molecule has 1 saturated heterocycles. The Hall–Kier alpha value is -2.30. The second-order valence-corrected chi connectivity index (χ2v) is 5.96. The van der Waals surface area contributed by atoms with E-state index in [1.165, 1.54) is 0 Å². The van der Waals surface area contributed by atoms with Crippen molar-refractivity contribution in [2.75, 3.05) is 13.7 Å². The van der Waals surface area contributed by atoms with Gasteiger partial charge in [0.15, 0.2) is 5.69 Å². The number of amides is 1. The molecule has 2 aromatic rings. The van der Waals surface area contributed by atoms with Crippen LogP contribution in [0.5, 0.6) is 5.75 Å². The van der Waals surface area contributed by atoms with E-state index in [9.17, 15) is 4.79 Å².